The predicted octanol–water partition coefficient (Wildman–Crippen LogP) is 14.9. The molecule has 75 heavy (non-hydrogen) atoms. The maximum atomic E-state index is 5.49. The van der Waals surface area contributed by atoms with E-state index in [9.17, 15) is 0 Å². The van der Waals surface area contributed by atoms with Gasteiger partial charge in [-0.3, -0.25) is 4.98 Å². The topological polar surface area (TPSA) is 42.1 Å². The molecule has 10 aromatic carbocycles. The quantitative estimate of drug-likeness (QED) is 0.123. The molecule has 0 saturated carbocycles. The van der Waals surface area contributed by atoms with Crippen LogP contribution in [-0.4, -0.2) is 25.8 Å². The van der Waals surface area contributed by atoms with Crippen LogP contribution >= 0.6 is 0 Å². The van der Waals surface area contributed by atoms with E-state index in [0.29, 0.717) is 0 Å². The van der Waals surface area contributed by atoms with Crippen LogP contribution in [0.1, 0.15) is 36.5 Å². The smallest absolute Gasteiger partial charge is 0.366 e. The Morgan fingerprint density at radius 2 is 1.07 bits per heavy atom. The molecule has 0 aliphatic carbocycles. The molecule has 0 spiro atoms. The molecule has 3 aromatic heterocycles. The second kappa shape index (κ2) is 17.3. The number of hydrogen-bond donors (Lipinski definition) is 0. The molecule has 15 rings (SSSR count). The Morgan fingerprint density at radius 3 is 1.75 bits per heavy atom. The van der Waals surface area contributed by atoms with E-state index in [1.165, 1.54) is 43.7 Å². The maximum absolute atomic E-state index is 5.49. The normalized spacial score (nSPS) is 12.7. The minimum Gasteiger partial charge on any atom is -0.366 e. The molecule has 6 nitrogen and oxygen atoms in total. The summed E-state index contributed by atoms with van der Waals surface area (Å²) in [5.74, 6) is 1.94. The number of benzene rings is 10. The molecule has 0 saturated heterocycles. The third kappa shape index (κ3) is 6.70. The van der Waals surface area contributed by atoms with E-state index in [-0.39, 0.29) is 33.7 Å². The molecule has 8 heteroatoms. The van der Waals surface area contributed by atoms with E-state index in [1.54, 1.807) is 0 Å². The molecular formula is C67H47BN6Pt. The number of aryl methyl sites for hydroxylation is 2. The van der Waals surface area contributed by atoms with E-state index >= 15 is 0 Å². The summed E-state index contributed by atoms with van der Waals surface area (Å²) in [7, 11) is 0. The van der Waals surface area contributed by atoms with Crippen molar-refractivity contribution in [2.24, 2.45) is 0 Å². The number of anilines is 6. The largest absolute Gasteiger partial charge is 2.00 e. The Bertz CT molecular complexity index is 4450. The van der Waals surface area contributed by atoms with E-state index < -0.39 is 0 Å². The monoisotopic (exact) mass is 1140 g/mol. The SMILES string of the molecule is Cc1cccc(C)c1-n1c(-c2[c-]c3c(cc2)N(c2cccc4ccccc24)c2cc(C(C)C)cc4c2B3c2[c-]c3c(cc2N4c2cccc4ccccc24)c2ccccc2n3-c2ccccn2)nc2ccccc21.[Pt+2]. The van der Waals surface area contributed by atoms with E-state index in [0.717, 1.165) is 101 Å². The van der Waals surface area contributed by atoms with Crippen LogP contribution in [0.2, 0.25) is 0 Å². The van der Waals surface area contributed by atoms with Crippen molar-refractivity contribution in [2.75, 3.05) is 9.80 Å². The third-order valence-electron chi connectivity index (χ3n) is 15.7. The van der Waals surface area contributed by atoms with Gasteiger partial charge in [-0.25, -0.2) is 4.98 Å². The van der Waals surface area contributed by atoms with Crippen molar-refractivity contribution in [3.8, 4) is 22.9 Å². The van der Waals surface area contributed by atoms with Crippen LogP contribution in [0.25, 0.3) is 77.3 Å². The van der Waals surface area contributed by atoms with Crippen molar-refractivity contribution in [3.05, 3.63) is 235 Å². The number of aromatic nitrogens is 4. The summed E-state index contributed by atoms with van der Waals surface area (Å²) >= 11 is 0. The van der Waals surface area contributed by atoms with Crippen LogP contribution in [0.4, 0.5) is 34.1 Å². The fourth-order valence-electron chi connectivity index (χ4n) is 12.4. The molecule has 0 atom stereocenters. The fraction of sp³-hybridized carbons (Fsp3) is 0.0746. The minimum atomic E-state index is -0.291. The van der Waals surface area contributed by atoms with Gasteiger partial charge < -0.3 is 18.9 Å². The van der Waals surface area contributed by atoms with Crippen LogP contribution in [0.5, 0.6) is 0 Å². The number of rotatable bonds is 6. The molecule has 358 valence electrons. The Morgan fingerprint density at radius 1 is 0.480 bits per heavy atom. The van der Waals surface area contributed by atoms with Gasteiger partial charge in [0, 0.05) is 50.9 Å². The second-order valence-corrected chi connectivity index (χ2v) is 20.3. The van der Waals surface area contributed by atoms with E-state index in [4.69, 9.17) is 9.97 Å². The van der Waals surface area contributed by atoms with Gasteiger partial charge in [-0.1, -0.05) is 152 Å². The van der Waals surface area contributed by atoms with Gasteiger partial charge in [-0.2, -0.15) is 11.5 Å². The minimum absolute atomic E-state index is 0. The van der Waals surface area contributed by atoms with Gasteiger partial charge in [0.25, 0.3) is 0 Å². The molecule has 2 aliphatic heterocycles. The molecule has 5 heterocycles. The Hall–Kier alpha value is -8.51. The fourth-order valence-corrected chi connectivity index (χ4v) is 12.4. The number of hydrogen-bond acceptors (Lipinski definition) is 4. The van der Waals surface area contributed by atoms with Gasteiger partial charge in [0.05, 0.1) is 16.9 Å². The molecular weight excluding hydrogens is 1090 g/mol. The third-order valence-corrected chi connectivity index (χ3v) is 15.7. The predicted molar refractivity (Wildman–Crippen MR) is 309 cm³/mol. The summed E-state index contributed by atoms with van der Waals surface area (Å²) in [6, 6.07) is 81.4. The summed E-state index contributed by atoms with van der Waals surface area (Å²) < 4.78 is 4.65. The van der Waals surface area contributed by atoms with Crippen molar-refractivity contribution in [2.45, 2.75) is 33.6 Å². The van der Waals surface area contributed by atoms with Crippen LogP contribution in [-0.2, 0) is 21.1 Å². The van der Waals surface area contributed by atoms with Crippen molar-refractivity contribution < 1.29 is 21.1 Å². The first-order chi connectivity index (χ1) is 36.4. The Kier molecular flexibility index (Phi) is 10.4. The first-order valence-electron chi connectivity index (χ1n) is 25.6. The van der Waals surface area contributed by atoms with E-state index in [2.05, 4.69) is 253 Å². The molecule has 13 aromatic rings. The number of nitrogens with zero attached hydrogens (tertiary/aromatic N) is 6. The summed E-state index contributed by atoms with van der Waals surface area (Å²) in [5, 5.41) is 7.00. The Labute approximate surface area is 450 Å². The van der Waals surface area contributed by atoms with Crippen LogP contribution in [0.3, 0.4) is 0 Å². The first-order valence-corrected chi connectivity index (χ1v) is 25.6. The van der Waals surface area contributed by atoms with Gasteiger partial charge in [0.2, 0.25) is 6.71 Å². The van der Waals surface area contributed by atoms with Crippen molar-refractivity contribution >= 4 is 112 Å². The van der Waals surface area contributed by atoms with Crippen molar-refractivity contribution in [1.82, 2.24) is 19.1 Å². The van der Waals surface area contributed by atoms with E-state index in [1.807, 2.05) is 12.3 Å². The molecule has 0 N–H and O–H groups in total. The summed E-state index contributed by atoms with van der Waals surface area (Å²) in [6.45, 7) is 8.74. The van der Waals surface area contributed by atoms with Crippen molar-refractivity contribution in [3.63, 3.8) is 0 Å². The zero-order valence-electron chi connectivity index (χ0n) is 41.8. The van der Waals surface area contributed by atoms with Crippen molar-refractivity contribution in [1.29, 1.82) is 0 Å². The molecule has 0 bridgehead atoms. The number of fused-ring (bicyclic) bond motifs is 10. The average molecular weight is 1140 g/mol. The zero-order valence-corrected chi connectivity index (χ0v) is 44.1. The molecule has 0 unspecified atom stereocenters. The summed E-state index contributed by atoms with van der Waals surface area (Å²) in [5.41, 5.74) is 19.8. The number of imidazole rings is 1. The van der Waals surface area contributed by atoms with Gasteiger partial charge >= 0.3 is 21.1 Å². The molecule has 0 fully saturated rings. The summed E-state index contributed by atoms with van der Waals surface area (Å²) in [4.78, 5) is 15.6. The zero-order chi connectivity index (χ0) is 49.3. The average Bonchev–Trinajstić information content (AvgIpc) is 4.03. The number of para-hydroxylation sites is 4. The van der Waals surface area contributed by atoms with Gasteiger partial charge in [0.1, 0.15) is 5.82 Å². The molecule has 2 aliphatic rings. The summed E-state index contributed by atoms with van der Waals surface area (Å²) in [6.07, 6.45) is 1.88. The Balaban J connectivity index is 0.00000516. The second-order valence-electron chi connectivity index (χ2n) is 20.3. The first kappa shape index (κ1) is 45.1. The molecule has 0 amide bonds. The van der Waals surface area contributed by atoms with Crippen LogP contribution in [0.15, 0.2) is 206 Å². The maximum Gasteiger partial charge on any atom is 2.00 e. The van der Waals surface area contributed by atoms with Crippen LogP contribution < -0.4 is 26.2 Å². The number of pyridine rings is 1. The van der Waals surface area contributed by atoms with Gasteiger partial charge in [0.15, 0.2) is 0 Å². The standard InChI is InChI=1S/C67H47BN6.Pt/c1-41(2)47-37-62-65-63(38-47)72(56-31-17-23-45-21-6-8-25-49(45)56)61-39-51-50-26-9-11-28-57(50)73(64-32-13-14-35-69-64)60(51)40-53(61)68(65)52-36-46(33-34-58(52)71(62)55-30-16-22-44-20-5-7-24-48(44)55)67-70-54-27-10-12-29-59(54)74(67)66-42(3)18-15-19-43(66)4;/h5-35,37-39,41H,1-4H3;/q-2;+2. The molecule has 0 radical (unpaired) electrons. The van der Waals surface area contributed by atoms with Gasteiger partial charge in [-0.15, -0.1) is 40.7 Å². The van der Waals surface area contributed by atoms with Gasteiger partial charge in [-0.05, 0) is 118 Å². The van der Waals surface area contributed by atoms with Crippen LogP contribution in [0, 0.1) is 26.0 Å².